The van der Waals surface area contributed by atoms with Crippen molar-refractivity contribution < 1.29 is 0 Å². The highest BCUT2D eigenvalue weighted by Crippen LogP contribution is 2.16. The fourth-order valence-corrected chi connectivity index (χ4v) is 2.64. The Labute approximate surface area is 136 Å². The number of halogens is 1. The number of rotatable bonds is 2. The third-order valence-electron chi connectivity index (χ3n) is 3.31. The first kappa shape index (κ1) is 14.2. The van der Waals surface area contributed by atoms with E-state index in [0.29, 0.717) is 0 Å². The molecule has 0 aliphatic carbocycles. The van der Waals surface area contributed by atoms with Crippen LogP contribution in [0.15, 0.2) is 53.0 Å². The fourth-order valence-electron chi connectivity index (χ4n) is 2.16. The van der Waals surface area contributed by atoms with Crippen molar-refractivity contribution in [3.63, 3.8) is 0 Å². The number of nitrogens with zero attached hydrogens (tertiary/aromatic N) is 2. The molecular weight excluding hydrogens is 344 g/mol. The summed E-state index contributed by atoms with van der Waals surface area (Å²) in [5.41, 5.74) is 3.92. The van der Waals surface area contributed by atoms with Gasteiger partial charge in [0.1, 0.15) is 4.64 Å². The first-order valence-corrected chi connectivity index (χ1v) is 7.75. The Hall–Kier alpha value is -1.78. The molecule has 21 heavy (non-hydrogen) atoms. The third kappa shape index (κ3) is 2.96. The molecule has 0 radical (unpaired) electrons. The van der Waals surface area contributed by atoms with Gasteiger partial charge in [-0.25, -0.2) is 4.98 Å². The summed E-state index contributed by atoms with van der Waals surface area (Å²) in [6.07, 6.45) is 4.00. The van der Waals surface area contributed by atoms with E-state index in [2.05, 4.69) is 20.9 Å². The minimum absolute atomic E-state index is 0.738. The van der Waals surface area contributed by atoms with E-state index in [1.165, 1.54) is 0 Å². The first-order chi connectivity index (χ1) is 10.1. The Morgan fingerprint density at radius 2 is 1.76 bits per heavy atom. The van der Waals surface area contributed by atoms with Crippen LogP contribution >= 0.6 is 28.1 Å². The van der Waals surface area contributed by atoms with Crippen molar-refractivity contribution in [2.24, 2.45) is 7.05 Å². The molecule has 3 rings (SSSR count). The van der Waals surface area contributed by atoms with E-state index >= 15 is 0 Å². The summed E-state index contributed by atoms with van der Waals surface area (Å²) in [6, 6.07) is 16.1. The van der Waals surface area contributed by atoms with E-state index in [1.807, 2.05) is 72.3 Å². The van der Waals surface area contributed by atoms with Crippen molar-refractivity contribution >= 4 is 51.3 Å². The lowest BCUT2D eigenvalue weighted by atomic mass is 10.2. The molecular formula is C17H13BrN2S. The molecule has 0 amide bonds. The van der Waals surface area contributed by atoms with Gasteiger partial charge in [-0.05, 0) is 35.9 Å². The number of aryl methyl sites for hydroxylation is 1. The molecule has 3 aromatic rings. The zero-order chi connectivity index (χ0) is 14.8. The molecule has 0 aliphatic heterocycles. The van der Waals surface area contributed by atoms with Crippen LogP contribution < -0.4 is 0 Å². The summed E-state index contributed by atoms with van der Waals surface area (Å²) in [6.45, 7) is 0. The van der Waals surface area contributed by atoms with Crippen LogP contribution in [-0.4, -0.2) is 9.55 Å². The largest absolute Gasteiger partial charge is 0.332 e. The van der Waals surface area contributed by atoms with Gasteiger partial charge in [-0.15, -0.1) is 0 Å². The van der Waals surface area contributed by atoms with Crippen LogP contribution in [0.4, 0.5) is 0 Å². The Bertz CT molecular complexity index is 879. The number of hydrogen-bond donors (Lipinski definition) is 0. The van der Waals surface area contributed by atoms with Crippen molar-refractivity contribution in [1.29, 1.82) is 0 Å². The van der Waals surface area contributed by atoms with E-state index in [-0.39, 0.29) is 0 Å². The Balaban J connectivity index is 2.06. The van der Waals surface area contributed by atoms with Crippen molar-refractivity contribution in [3.05, 3.63) is 68.9 Å². The molecule has 1 aromatic heterocycles. The van der Waals surface area contributed by atoms with Crippen molar-refractivity contribution in [2.45, 2.75) is 0 Å². The molecule has 0 bridgehead atoms. The van der Waals surface area contributed by atoms with Gasteiger partial charge in [0.15, 0.2) is 0 Å². The molecule has 0 fully saturated rings. The van der Waals surface area contributed by atoms with E-state index in [4.69, 9.17) is 12.2 Å². The van der Waals surface area contributed by atoms with Crippen LogP contribution in [0.2, 0.25) is 0 Å². The Kier molecular flexibility index (Phi) is 3.99. The standard InChI is InChI=1S/C17H13BrN2S/c1-20-16-5-3-2-4-14(16)19-15(17(20)21)11-8-12-6-9-13(18)10-7-12/h2-11H,1H3/b11-8-. The van der Waals surface area contributed by atoms with Crippen LogP contribution in [0, 0.1) is 4.64 Å². The molecule has 104 valence electrons. The second-order valence-corrected chi connectivity index (χ2v) is 6.04. The zero-order valence-corrected chi connectivity index (χ0v) is 13.9. The number of fused-ring (bicyclic) bond motifs is 1. The Morgan fingerprint density at radius 1 is 1.05 bits per heavy atom. The smallest absolute Gasteiger partial charge is 0.132 e. The quantitative estimate of drug-likeness (QED) is 0.584. The molecule has 1 heterocycles. The van der Waals surface area contributed by atoms with Crippen LogP contribution in [-0.2, 0) is 7.05 Å². The summed E-state index contributed by atoms with van der Waals surface area (Å²) < 4.78 is 3.81. The molecule has 0 spiro atoms. The summed E-state index contributed by atoms with van der Waals surface area (Å²) >= 11 is 8.93. The van der Waals surface area contributed by atoms with Gasteiger partial charge in [0.05, 0.1) is 16.7 Å². The van der Waals surface area contributed by atoms with Crippen LogP contribution in [0.25, 0.3) is 23.2 Å². The van der Waals surface area contributed by atoms with Gasteiger partial charge in [0.2, 0.25) is 0 Å². The first-order valence-electron chi connectivity index (χ1n) is 6.54. The van der Waals surface area contributed by atoms with E-state index in [0.717, 1.165) is 31.4 Å². The van der Waals surface area contributed by atoms with Gasteiger partial charge in [0, 0.05) is 11.5 Å². The maximum atomic E-state index is 5.50. The van der Waals surface area contributed by atoms with Crippen LogP contribution in [0.5, 0.6) is 0 Å². The molecule has 2 nitrogen and oxygen atoms in total. The summed E-state index contributed by atoms with van der Waals surface area (Å²) in [5, 5.41) is 0. The second kappa shape index (κ2) is 5.92. The van der Waals surface area contributed by atoms with Gasteiger partial charge in [0.25, 0.3) is 0 Å². The van der Waals surface area contributed by atoms with Gasteiger partial charge >= 0.3 is 0 Å². The highest BCUT2D eigenvalue weighted by Gasteiger charge is 2.02. The average molecular weight is 357 g/mol. The molecule has 0 saturated heterocycles. The van der Waals surface area contributed by atoms with E-state index < -0.39 is 0 Å². The van der Waals surface area contributed by atoms with Gasteiger partial charge in [-0.2, -0.15) is 0 Å². The Morgan fingerprint density at radius 3 is 2.52 bits per heavy atom. The fraction of sp³-hybridized carbons (Fsp3) is 0.0588. The second-order valence-electron chi connectivity index (χ2n) is 4.73. The zero-order valence-electron chi connectivity index (χ0n) is 11.5. The minimum atomic E-state index is 0.738. The van der Waals surface area contributed by atoms with Crippen molar-refractivity contribution in [3.8, 4) is 0 Å². The topological polar surface area (TPSA) is 17.8 Å². The van der Waals surface area contributed by atoms with Crippen molar-refractivity contribution in [1.82, 2.24) is 9.55 Å². The normalized spacial score (nSPS) is 11.3. The number of benzene rings is 2. The lowest BCUT2D eigenvalue weighted by molar-refractivity contribution is 0.917. The number of hydrogen-bond acceptors (Lipinski definition) is 2. The lowest BCUT2D eigenvalue weighted by Crippen LogP contribution is -1.99. The van der Waals surface area contributed by atoms with Crippen molar-refractivity contribution in [2.75, 3.05) is 0 Å². The molecule has 0 aliphatic rings. The average Bonchev–Trinajstić information content (AvgIpc) is 2.51. The molecule has 4 heteroatoms. The highest BCUT2D eigenvalue weighted by atomic mass is 79.9. The SMILES string of the molecule is Cn1c(=S)c(/C=C\c2ccc(Br)cc2)nc2ccccc21. The maximum Gasteiger partial charge on any atom is 0.132 e. The van der Waals surface area contributed by atoms with Gasteiger partial charge in [-0.1, -0.05) is 58.5 Å². The summed E-state index contributed by atoms with van der Waals surface area (Å²) in [5.74, 6) is 0. The predicted molar refractivity (Wildman–Crippen MR) is 94.6 cm³/mol. The predicted octanol–water partition coefficient (Wildman–Crippen LogP) is 5.24. The van der Waals surface area contributed by atoms with Gasteiger partial charge in [-0.3, -0.25) is 0 Å². The van der Waals surface area contributed by atoms with E-state index in [1.54, 1.807) is 0 Å². The molecule has 0 N–H and O–H groups in total. The molecule has 0 saturated carbocycles. The minimum Gasteiger partial charge on any atom is -0.332 e. The monoisotopic (exact) mass is 356 g/mol. The molecule has 0 atom stereocenters. The van der Waals surface area contributed by atoms with E-state index in [9.17, 15) is 0 Å². The lowest BCUT2D eigenvalue weighted by Gasteiger charge is -2.07. The third-order valence-corrected chi connectivity index (χ3v) is 4.32. The summed E-state index contributed by atoms with van der Waals surface area (Å²) in [7, 11) is 1.98. The van der Waals surface area contributed by atoms with Crippen LogP contribution in [0.3, 0.4) is 0 Å². The number of aromatic nitrogens is 2. The highest BCUT2D eigenvalue weighted by molar-refractivity contribution is 9.10. The van der Waals surface area contributed by atoms with Gasteiger partial charge < -0.3 is 4.57 Å². The number of para-hydroxylation sites is 2. The molecule has 0 unspecified atom stereocenters. The maximum absolute atomic E-state index is 5.50. The van der Waals surface area contributed by atoms with Crippen LogP contribution in [0.1, 0.15) is 11.3 Å². The molecule has 2 aromatic carbocycles. The summed E-state index contributed by atoms with van der Waals surface area (Å²) in [4.78, 5) is 4.65.